The number of halogens is 1. The van der Waals surface area contributed by atoms with E-state index in [9.17, 15) is 12.8 Å². The molecule has 0 saturated heterocycles. The second-order valence-corrected chi connectivity index (χ2v) is 8.27. The summed E-state index contributed by atoms with van der Waals surface area (Å²) >= 11 is 0. The Hall–Kier alpha value is -1.14. The zero-order valence-electron chi connectivity index (χ0n) is 13.0. The van der Waals surface area contributed by atoms with Crippen LogP contribution in [0.25, 0.3) is 0 Å². The van der Waals surface area contributed by atoms with Gasteiger partial charge in [-0.05, 0) is 31.5 Å². The molecule has 0 aliphatic rings. The van der Waals surface area contributed by atoms with Crippen LogP contribution in [0.1, 0.15) is 33.3 Å². The molecule has 0 saturated carbocycles. The van der Waals surface area contributed by atoms with Gasteiger partial charge in [0.25, 0.3) is 0 Å². The van der Waals surface area contributed by atoms with Crippen LogP contribution in [0, 0.1) is 5.82 Å². The summed E-state index contributed by atoms with van der Waals surface area (Å²) in [5.41, 5.74) is 0.769. The third-order valence-corrected chi connectivity index (χ3v) is 5.17. The Bertz CT molecular complexity index is 556. The molecule has 0 radical (unpaired) electrons. The van der Waals surface area contributed by atoms with Gasteiger partial charge >= 0.3 is 0 Å². The van der Waals surface area contributed by atoms with Gasteiger partial charge in [-0.2, -0.15) is 0 Å². The van der Waals surface area contributed by atoms with Crippen LogP contribution in [-0.2, 0) is 16.4 Å². The van der Waals surface area contributed by atoms with Crippen LogP contribution in [-0.4, -0.2) is 32.1 Å². The van der Waals surface area contributed by atoms with Crippen molar-refractivity contribution in [3.63, 3.8) is 0 Å². The maximum atomic E-state index is 13.5. The van der Waals surface area contributed by atoms with E-state index in [0.29, 0.717) is 18.3 Å². The first-order valence-corrected chi connectivity index (χ1v) is 8.79. The SMILES string of the molecule is CC(C)NCc1cc(F)cc(OCCS(=O)(=O)C(C)C)c1. The molecule has 4 nitrogen and oxygen atoms in total. The van der Waals surface area contributed by atoms with Crippen molar-refractivity contribution in [2.75, 3.05) is 12.4 Å². The molecule has 0 bridgehead atoms. The standard InChI is InChI=1S/C15H24FNO3S/c1-11(2)17-10-13-7-14(16)9-15(8-13)20-5-6-21(18,19)12(3)4/h7-9,11-12,17H,5-6,10H2,1-4H3. The molecule has 0 unspecified atom stereocenters. The first kappa shape index (κ1) is 17.9. The van der Waals surface area contributed by atoms with Gasteiger partial charge in [0.15, 0.2) is 9.84 Å². The third-order valence-electron chi connectivity index (χ3n) is 3.00. The average molecular weight is 317 g/mol. The summed E-state index contributed by atoms with van der Waals surface area (Å²) in [5.74, 6) is -0.102. The van der Waals surface area contributed by atoms with Gasteiger partial charge in [-0.25, -0.2) is 12.8 Å². The Labute approximate surface area is 126 Å². The zero-order valence-corrected chi connectivity index (χ0v) is 13.8. The molecule has 0 fully saturated rings. The number of hydrogen-bond donors (Lipinski definition) is 1. The van der Waals surface area contributed by atoms with Gasteiger partial charge in [0, 0.05) is 18.7 Å². The van der Waals surface area contributed by atoms with E-state index in [1.165, 1.54) is 12.1 Å². The van der Waals surface area contributed by atoms with E-state index in [1.54, 1.807) is 19.9 Å². The smallest absolute Gasteiger partial charge is 0.155 e. The molecule has 1 aromatic carbocycles. The van der Waals surface area contributed by atoms with Gasteiger partial charge in [0.05, 0.1) is 11.0 Å². The minimum absolute atomic E-state index is 0.0288. The fourth-order valence-corrected chi connectivity index (χ4v) is 2.43. The normalized spacial score (nSPS) is 12.1. The van der Waals surface area contributed by atoms with E-state index in [1.807, 2.05) is 13.8 Å². The van der Waals surface area contributed by atoms with Gasteiger partial charge in [0.2, 0.25) is 0 Å². The molecule has 6 heteroatoms. The number of sulfone groups is 1. The number of rotatable bonds is 8. The lowest BCUT2D eigenvalue weighted by atomic mass is 10.2. The van der Waals surface area contributed by atoms with Gasteiger partial charge in [-0.15, -0.1) is 0 Å². The highest BCUT2D eigenvalue weighted by molar-refractivity contribution is 7.91. The molecule has 0 atom stereocenters. The average Bonchev–Trinajstić information content (AvgIpc) is 2.35. The van der Waals surface area contributed by atoms with Gasteiger partial charge in [-0.1, -0.05) is 13.8 Å². The number of ether oxygens (including phenoxy) is 1. The first-order chi connectivity index (χ1) is 9.70. The van der Waals surface area contributed by atoms with Crippen molar-refractivity contribution < 1.29 is 17.5 Å². The monoisotopic (exact) mass is 317 g/mol. The third kappa shape index (κ3) is 6.44. The van der Waals surface area contributed by atoms with Crippen LogP contribution >= 0.6 is 0 Å². The van der Waals surface area contributed by atoms with Crippen molar-refractivity contribution in [2.45, 2.75) is 45.5 Å². The maximum absolute atomic E-state index is 13.5. The van der Waals surface area contributed by atoms with E-state index in [2.05, 4.69) is 5.32 Å². The zero-order chi connectivity index (χ0) is 16.0. The molecular formula is C15H24FNO3S. The lowest BCUT2D eigenvalue weighted by Gasteiger charge is -2.12. The van der Waals surface area contributed by atoms with Crippen molar-refractivity contribution in [1.29, 1.82) is 0 Å². The van der Waals surface area contributed by atoms with E-state index in [-0.39, 0.29) is 18.2 Å². The Kier molecular flexibility index (Phi) is 6.61. The lowest BCUT2D eigenvalue weighted by molar-refractivity contribution is 0.338. The maximum Gasteiger partial charge on any atom is 0.155 e. The highest BCUT2D eigenvalue weighted by atomic mass is 32.2. The Morgan fingerprint density at radius 2 is 1.86 bits per heavy atom. The Morgan fingerprint density at radius 3 is 2.43 bits per heavy atom. The van der Waals surface area contributed by atoms with Crippen LogP contribution in [0.5, 0.6) is 5.75 Å². The second kappa shape index (κ2) is 7.75. The summed E-state index contributed by atoms with van der Waals surface area (Å²) in [4.78, 5) is 0. The topological polar surface area (TPSA) is 55.4 Å². The highest BCUT2D eigenvalue weighted by Gasteiger charge is 2.16. The Balaban J connectivity index is 2.63. The second-order valence-electron chi connectivity index (χ2n) is 5.59. The summed E-state index contributed by atoms with van der Waals surface area (Å²) < 4.78 is 42.2. The van der Waals surface area contributed by atoms with Crippen LogP contribution in [0.3, 0.4) is 0 Å². The van der Waals surface area contributed by atoms with Crippen molar-refractivity contribution >= 4 is 9.84 Å². The summed E-state index contributed by atoms with van der Waals surface area (Å²) in [6.07, 6.45) is 0. The number of hydrogen-bond acceptors (Lipinski definition) is 4. The lowest BCUT2D eigenvalue weighted by Crippen LogP contribution is -2.22. The first-order valence-electron chi connectivity index (χ1n) is 7.08. The van der Waals surface area contributed by atoms with Gasteiger partial charge < -0.3 is 10.1 Å². The van der Waals surface area contributed by atoms with Crippen LogP contribution in [0.2, 0.25) is 0 Å². The summed E-state index contributed by atoms with van der Waals surface area (Å²) in [5, 5.41) is 2.76. The Morgan fingerprint density at radius 1 is 1.19 bits per heavy atom. The van der Waals surface area contributed by atoms with E-state index >= 15 is 0 Å². The number of nitrogens with one attached hydrogen (secondary N) is 1. The predicted molar refractivity (Wildman–Crippen MR) is 82.8 cm³/mol. The predicted octanol–water partition coefficient (Wildman–Crippen LogP) is 2.53. The van der Waals surface area contributed by atoms with Crippen molar-refractivity contribution in [1.82, 2.24) is 5.32 Å². The quantitative estimate of drug-likeness (QED) is 0.800. The van der Waals surface area contributed by atoms with Crippen molar-refractivity contribution in [3.8, 4) is 5.75 Å². The molecular weight excluding hydrogens is 293 g/mol. The van der Waals surface area contributed by atoms with E-state index in [4.69, 9.17) is 4.74 Å². The van der Waals surface area contributed by atoms with Crippen LogP contribution in [0.15, 0.2) is 18.2 Å². The molecule has 1 rings (SSSR count). The summed E-state index contributed by atoms with van der Waals surface area (Å²) in [6.45, 7) is 7.85. The molecule has 0 aliphatic heterocycles. The molecule has 0 aliphatic carbocycles. The molecule has 1 aromatic rings. The summed E-state index contributed by atoms with van der Waals surface area (Å²) in [7, 11) is -3.14. The van der Waals surface area contributed by atoms with Crippen molar-refractivity contribution in [3.05, 3.63) is 29.6 Å². The number of benzene rings is 1. The molecule has 0 amide bonds. The van der Waals surface area contributed by atoms with Crippen LogP contribution in [0.4, 0.5) is 4.39 Å². The van der Waals surface area contributed by atoms with Crippen LogP contribution < -0.4 is 10.1 Å². The summed E-state index contributed by atoms with van der Waals surface area (Å²) in [6, 6.07) is 4.72. The molecule has 0 aromatic heterocycles. The fourth-order valence-electron chi connectivity index (χ4n) is 1.64. The van der Waals surface area contributed by atoms with Gasteiger partial charge in [-0.3, -0.25) is 0 Å². The van der Waals surface area contributed by atoms with Crippen molar-refractivity contribution in [2.24, 2.45) is 0 Å². The largest absolute Gasteiger partial charge is 0.492 e. The minimum atomic E-state index is -3.14. The molecule has 0 spiro atoms. The van der Waals surface area contributed by atoms with E-state index < -0.39 is 15.1 Å². The molecule has 1 N–H and O–H groups in total. The molecule has 0 heterocycles. The fraction of sp³-hybridized carbons (Fsp3) is 0.600. The molecule has 120 valence electrons. The van der Waals surface area contributed by atoms with Gasteiger partial charge in [0.1, 0.15) is 18.2 Å². The highest BCUT2D eigenvalue weighted by Crippen LogP contribution is 2.17. The van der Waals surface area contributed by atoms with E-state index in [0.717, 1.165) is 5.56 Å². The minimum Gasteiger partial charge on any atom is -0.492 e. The molecule has 21 heavy (non-hydrogen) atoms.